The highest BCUT2D eigenvalue weighted by molar-refractivity contribution is 7.10. The molecule has 0 radical (unpaired) electrons. The molecule has 1 aromatic carbocycles. The van der Waals surface area contributed by atoms with Crippen LogP contribution in [0, 0.1) is 0 Å². The average molecular weight is 370 g/mol. The minimum atomic E-state index is -0.156. The van der Waals surface area contributed by atoms with E-state index in [1.807, 2.05) is 29.6 Å². The van der Waals surface area contributed by atoms with Gasteiger partial charge in [0.1, 0.15) is 5.75 Å². The second kappa shape index (κ2) is 7.11. The molecule has 2 aliphatic rings. The SMILES string of the molecule is COc1ccc(N2CC(NC(=O)c3csc4c3CCCC4)CC2=O)cc1. The molecule has 2 heterocycles. The van der Waals surface area contributed by atoms with Gasteiger partial charge in [0.25, 0.3) is 5.91 Å². The number of ether oxygens (including phenoxy) is 1. The van der Waals surface area contributed by atoms with Gasteiger partial charge in [0, 0.05) is 28.9 Å². The molecular weight excluding hydrogens is 348 g/mol. The van der Waals surface area contributed by atoms with Crippen LogP contribution < -0.4 is 15.0 Å². The van der Waals surface area contributed by atoms with Gasteiger partial charge in [0.05, 0.1) is 18.7 Å². The molecular formula is C20H22N2O3S. The van der Waals surface area contributed by atoms with Crippen molar-refractivity contribution in [3.05, 3.63) is 45.6 Å². The summed E-state index contributed by atoms with van der Waals surface area (Å²) in [4.78, 5) is 28.2. The van der Waals surface area contributed by atoms with E-state index in [1.165, 1.54) is 16.9 Å². The van der Waals surface area contributed by atoms with Crippen LogP contribution >= 0.6 is 11.3 Å². The smallest absolute Gasteiger partial charge is 0.252 e. The monoisotopic (exact) mass is 370 g/mol. The molecule has 2 amide bonds. The number of nitrogens with zero attached hydrogens (tertiary/aromatic N) is 1. The molecule has 4 rings (SSSR count). The Morgan fingerprint density at radius 2 is 2.00 bits per heavy atom. The van der Waals surface area contributed by atoms with Gasteiger partial charge in [0.15, 0.2) is 0 Å². The summed E-state index contributed by atoms with van der Waals surface area (Å²) < 4.78 is 5.16. The van der Waals surface area contributed by atoms with Crippen molar-refractivity contribution in [3.63, 3.8) is 0 Å². The van der Waals surface area contributed by atoms with Crippen molar-refractivity contribution in [1.29, 1.82) is 0 Å². The van der Waals surface area contributed by atoms with Crippen LogP contribution in [-0.2, 0) is 17.6 Å². The predicted molar refractivity (Wildman–Crippen MR) is 102 cm³/mol. The van der Waals surface area contributed by atoms with E-state index in [1.54, 1.807) is 23.3 Å². The molecule has 1 aliphatic carbocycles. The van der Waals surface area contributed by atoms with Crippen molar-refractivity contribution < 1.29 is 14.3 Å². The van der Waals surface area contributed by atoms with Crippen LogP contribution in [-0.4, -0.2) is 31.5 Å². The predicted octanol–water partition coefficient (Wildman–Crippen LogP) is 3.17. The third kappa shape index (κ3) is 3.21. The van der Waals surface area contributed by atoms with Gasteiger partial charge in [-0.25, -0.2) is 0 Å². The number of carbonyl (C=O) groups is 2. The molecule has 1 unspecified atom stereocenters. The minimum Gasteiger partial charge on any atom is -0.497 e. The third-order valence-corrected chi connectivity index (χ3v) is 6.24. The number of rotatable bonds is 4. The molecule has 0 saturated carbocycles. The maximum absolute atomic E-state index is 12.7. The number of methoxy groups -OCH3 is 1. The maximum Gasteiger partial charge on any atom is 0.252 e. The molecule has 0 spiro atoms. The molecule has 26 heavy (non-hydrogen) atoms. The van der Waals surface area contributed by atoms with Crippen LogP contribution in [0.2, 0.25) is 0 Å². The zero-order valence-corrected chi connectivity index (χ0v) is 15.6. The van der Waals surface area contributed by atoms with E-state index in [2.05, 4.69) is 5.32 Å². The van der Waals surface area contributed by atoms with Crippen molar-refractivity contribution in [2.45, 2.75) is 38.1 Å². The summed E-state index contributed by atoms with van der Waals surface area (Å²) in [5.74, 6) is 0.749. The van der Waals surface area contributed by atoms with Gasteiger partial charge in [0.2, 0.25) is 5.91 Å². The first-order valence-electron chi connectivity index (χ1n) is 9.00. The summed E-state index contributed by atoms with van der Waals surface area (Å²) >= 11 is 1.69. The molecule has 1 N–H and O–H groups in total. The summed E-state index contributed by atoms with van der Waals surface area (Å²) in [7, 11) is 1.62. The average Bonchev–Trinajstić information content (AvgIpc) is 3.25. The fourth-order valence-corrected chi connectivity index (χ4v) is 4.89. The summed E-state index contributed by atoms with van der Waals surface area (Å²) in [6.45, 7) is 0.503. The van der Waals surface area contributed by atoms with Crippen LogP contribution in [0.3, 0.4) is 0 Å². The summed E-state index contributed by atoms with van der Waals surface area (Å²) in [6.07, 6.45) is 4.77. The lowest BCUT2D eigenvalue weighted by atomic mass is 9.95. The highest BCUT2D eigenvalue weighted by Crippen LogP contribution is 2.30. The van der Waals surface area contributed by atoms with Gasteiger partial charge in [-0.1, -0.05) is 0 Å². The Labute approximate surface area is 157 Å². The third-order valence-electron chi connectivity index (χ3n) is 5.15. The van der Waals surface area contributed by atoms with Gasteiger partial charge in [-0.05, 0) is 55.5 Å². The molecule has 1 atom stereocenters. The normalized spacial score (nSPS) is 19.3. The molecule has 136 valence electrons. The van der Waals surface area contributed by atoms with E-state index < -0.39 is 0 Å². The number of fused-ring (bicyclic) bond motifs is 1. The van der Waals surface area contributed by atoms with Crippen LogP contribution in [0.25, 0.3) is 0 Å². The van der Waals surface area contributed by atoms with Gasteiger partial charge in [-0.15, -0.1) is 11.3 Å². The second-order valence-electron chi connectivity index (χ2n) is 6.84. The molecule has 5 nitrogen and oxygen atoms in total. The summed E-state index contributed by atoms with van der Waals surface area (Å²) in [5.41, 5.74) is 2.86. The topological polar surface area (TPSA) is 58.6 Å². The molecule has 6 heteroatoms. The number of carbonyl (C=O) groups excluding carboxylic acids is 2. The fourth-order valence-electron chi connectivity index (χ4n) is 3.76. The summed E-state index contributed by atoms with van der Waals surface area (Å²) in [6, 6.07) is 7.27. The first-order valence-corrected chi connectivity index (χ1v) is 9.88. The van der Waals surface area contributed by atoms with Gasteiger partial charge >= 0.3 is 0 Å². The number of aryl methyl sites for hydroxylation is 1. The number of hydrogen-bond acceptors (Lipinski definition) is 4. The lowest BCUT2D eigenvalue weighted by Gasteiger charge is -2.18. The molecule has 1 aromatic heterocycles. The van der Waals surface area contributed by atoms with E-state index in [0.717, 1.165) is 36.3 Å². The first-order chi connectivity index (χ1) is 12.7. The lowest BCUT2D eigenvalue weighted by molar-refractivity contribution is -0.117. The van der Waals surface area contributed by atoms with Crippen LogP contribution in [0.4, 0.5) is 5.69 Å². The molecule has 1 fully saturated rings. The van der Waals surface area contributed by atoms with Crippen LogP contribution in [0.15, 0.2) is 29.6 Å². The van der Waals surface area contributed by atoms with E-state index in [9.17, 15) is 9.59 Å². The van der Waals surface area contributed by atoms with Crippen molar-refractivity contribution >= 4 is 28.8 Å². The van der Waals surface area contributed by atoms with Crippen molar-refractivity contribution in [2.75, 3.05) is 18.6 Å². The Kier molecular flexibility index (Phi) is 4.68. The van der Waals surface area contributed by atoms with Crippen molar-refractivity contribution in [3.8, 4) is 5.75 Å². The number of anilines is 1. The quantitative estimate of drug-likeness (QED) is 0.899. The molecule has 1 saturated heterocycles. The number of benzene rings is 1. The molecule has 2 aromatic rings. The molecule has 0 bridgehead atoms. The van der Waals surface area contributed by atoms with E-state index in [-0.39, 0.29) is 17.9 Å². The van der Waals surface area contributed by atoms with E-state index >= 15 is 0 Å². The van der Waals surface area contributed by atoms with Crippen LogP contribution in [0.1, 0.15) is 40.1 Å². The zero-order chi connectivity index (χ0) is 18.1. The van der Waals surface area contributed by atoms with Crippen molar-refractivity contribution in [2.24, 2.45) is 0 Å². The van der Waals surface area contributed by atoms with Gasteiger partial charge in [-0.2, -0.15) is 0 Å². The Hall–Kier alpha value is -2.34. The standard InChI is InChI=1S/C20H22N2O3S/c1-25-15-8-6-14(7-9-15)22-11-13(10-19(22)23)21-20(24)17-12-26-18-5-3-2-4-16(17)18/h6-9,12-13H,2-5,10-11H2,1H3,(H,21,24). The number of thiophene rings is 1. The minimum absolute atomic E-state index is 0.0350. The maximum atomic E-state index is 12.7. The Morgan fingerprint density at radius 1 is 1.23 bits per heavy atom. The highest BCUT2D eigenvalue weighted by Gasteiger charge is 2.32. The van der Waals surface area contributed by atoms with Crippen LogP contribution in [0.5, 0.6) is 5.75 Å². The number of nitrogens with one attached hydrogen (secondary N) is 1. The van der Waals surface area contributed by atoms with E-state index in [4.69, 9.17) is 4.74 Å². The lowest BCUT2D eigenvalue weighted by Crippen LogP contribution is -2.37. The molecule has 1 aliphatic heterocycles. The first kappa shape index (κ1) is 17.1. The van der Waals surface area contributed by atoms with E-state index in [0.29, 0.717) is 13.0 Å². The second-order valence-corrected chi connectivity index (χ2v) is 7.80. The zero-order valence-electron chi connectivity index (χ0n) is 14.8. The fraction of sp³-hybridized carbons (Fsp3) is 0.400. The Morgan fingerprint density at radius 3 is 2.77 bits per heavy atom. The van der Waals surface area contributed by atoms with Crippen molar-refractivity contribution in [1.82, 2.24) is 5.32 Å². The van der Waals surface area contributed by atoms with Gasteiger partial charge < -0.3 is 15.0 Å². The number of hydrogen-bond donors (Lipinski definition) is 1. The largest absolute Gasteiger partial charge is 0.497 e. The summed E-state index contributed by atoms with van der Waals surface area (Å²) in [5, 5.41) is 5.04. The highest BCUT2D eigenvalue weighted by atomic mass is 32.1. The Bertz CT molecular complexity index is 828. The Balaban J connectivity index is 1.44. The number of amides is 2. The van der Waals surface area contributed by atoms with Gasteiger partial charge in [-0.3, -0.25) is 9.59 Å².